The topological polar surface area (TPSA) is 18.5 Å². The van der Waals surface area contributed by atoms with Gasteiger partial charge in [-0.15, -0.1) is 0 Å². The van der Waals surface area contributed by atoms with Gasteiger partial charge in [0, 0.05) is 0 Å². The van der Waals surface area contributed by atoms with Gasteiger partial charge in [-0.3, -0.25) is 0 Å². The Morgan fingerprint density at radius 3 is 1.59 bits per heavy atom. The zero-order valence-corrected chi connectivity index (χ0v) is 18.4. The van der Waals surface area contributed by atoms with Crippen LogP contribution in [-0.2, 0) is 6.15 Å². The number of hydrogen-bond acceptors (Lipinski definition) is 2. The zero-order valence-electron chi connectivity index (χ0n) is 15.5. The second kappa shape index (κ2) is 13.1. The summed E-state index contributed by atoms with van der Waals surface area (Å²) in [5.74, 6) is 0. The third-order valence-corrected chi connectivity index (χ3v) is 15.5. The van der Waals surface area contributed by atoms with Crippen molar-refractivity contribution in [1.82, 2.24) is 0 Å². The summed E-state index contributed by atoms with van der Waals surface area (Å²) in [6, 6.07) is 0. The zero-order chi connectivity index (χ0) is 16.1. The molecule has 1 unspecified atom stereocenters. The van der Waals surface area contributed by atoms with Crippen molar-refractivity contribution in [2.75, 3.05) is 6.61 Å². The standard InChI is InChI=1S/2C8H17.C3H6O2.Sn/c2*1-3-5-7-8-6-4-2;1-3(5)2-4;/h2*1,3-8H2,2H3;3H,2H2,1H3;/q;;-2;+2. The van der Waals surface area contributed by atoms with Gasteiger partial charge in [0.25, 0.3) is 0 Å². The summed E-state index contributed by atoms with van der Waals surface area (Å²) in [4.78, 5) is 0. The quantitative estimate of drug-likeness (QED) is 0.234. The Labute approximate surface area is 144 Å². The maximum absolute atomic E-state index is 6.39. The molecule has 22 heavy (non-hydrogen) atoms. The van der Waals surface area contributed by atoms with Crippen LogP contribution in [0.1, 0.15) is 97.8 Å². The predicted octanol–water partition coefficient (Wildman–Crippen LogP) is 6.58. The molecule has 1 aliphatic rings. The molecule has 0 radical (unpaired) electrons. The van der Waals surface area contributed by atoms with Crippen molar-refractivity contribution in [2.24, 2.45) is 0 Å². The van der Waals surface area contributed by atoms with Gasteiger partial charge in [0.15, 0.2) is 0 Å². The number of rotatable bonds is 14. The van der Waals surface area contributed by atoms with Crippen molar-refractivity contribution in [3.05, 3.63) is 0 Å². The molecule has 0 spiro atoms. The molecule has 1 saturated heterocycles. The fourth-order valence-electron chi connectivity index (χ4n) is 3.44. The predicted molar refractivity (Wildman–Crippen MR) is 98.6 cm³/mol. The van der Waals surface area contributed by atoms with Crippen molar-refractivity contribution >= 4 is 19.2 Å². The Balaban J connectivity index is 2.18. The van der Waals surface area contributed by atoms with E-state index in [2.05, 4.69) is 20.8 Å². The molecule has 3 heteroatoms. The molecule has 0 aromatic carbocycles. The van der Waals surface area contributed by atoms with E-state index in [1.165, 1.54) is 85.9 Å². The molecule has 0 aromatic heterocycles. The molecule has 0 amide bonds. The van der Waals surface area contributed by atoms with Crippen molar-refractivity contribution in [3.63, 3.8) is 0 Å². The second-order valence-corrected chi connectivity index (χ2v) is 16.7. The fraction of sp³-hybridized carbons (Fsp3) is 1.00. The molecule has 1 heterocycles. The van der Waals surface area contributed by atoms with E-state index in [0.717, 1.165) is 6.61 Å². The minimum absolute atomic E-state index is 0.371. The van der Waals surface area contributed by atoms with Crippen LogP contribution < -0.4 is 0 Å². The van der Waals surface area contributed by atoms with Crippen LogP contribution in [0.5, 0.6) is 0 Å². The Bertz CT molecular complexity index is 242. The number of unbranched alkanes of at least 4 members (excludes halogenated alkanes) is 10. The van der Waals surface area contributed by atoms with Crippen molar-refractivity contribution in [2.45, 2.75) is 113 Å². The first-order valence-corrected chi connectivity index (χ1v) is 16.4. The third-order valence-electron chi connectivity index (χ3n) is 4.82. The Morgan fingerprint density at radius 1 is 0.727 bits per heavy atom. The summed E-state index contributed by atoms with van der Waals surface area (Å²) < 4.78 is 15.3. The van der Waals surface area contributed by atoms with Gasteiger partial charge in [-0.1, -0.05) is 0 Å². The fourth-order valence-corrected chi connectivity index (χ4v) is 14.2. The van der Waals surface area contributed by atoms with Gasteiger partial charge < -0.3 is 0 Å². The maximum atomic E-state index is 6.39. The molecule has 1 rings (SSSR count). The Morgan fingerprint density at radius 2 is 1.18 bits per heavy atom. The van der Waals surface area contributed by atoms with E-state index in [1.807, 2.05) is 0 Å². The molecule has 1 aliphatic heterocycles. The van der Waals surface area contributed by atoms with Crippen LogP contribution in [0, 0.1) is 0 Å². The van der Waals surface area contributed by atoms with Crippen LogP contribution >= 0.6 is 0 Å². The van der Waals surface area contributed by atoms with Gasteiger partial charge in [0.1, 0.15) is 0 Å². The monoisotopic (exact) mass is 420 g/mol. The molecule has 132 valence electrons. The van der Waals surface area contributed by atoms with Gasteiger partial charge in [0.2, 0.25) is 0 Å². The van der Waals surface area contributed by atoms with Gasteiger partial charge in [-0.05, 0) is 0 Å². The van der Waals surface area contributed by atoms with Gasteiger partial charge >= 0.3 is 145 Å². The summed E-state index contributed by atoms with van der Waals surface area (Å²) in [5.41, 5.74) is 0. The molecule has 0 aliphatic carbocycles. The summed E-state index contributed by atoms with van der Waals surface area (Å²) in [5, 5.41) is 0. The molecule has 0 aromatic rings. The van der Waals surface area contributed by atoms with E-state index in [0.29, 0.717) is 6.10 Å². The molecular weight excluding hydrogens is 379 g/mol. The second-order valence-electron chi connectivity index (χ2n) is 7.19. The van der Waals surface area contributed by atoms with E-state index in [9.17, 15) is 0 Å². The normalized spacial score (nSPS) is 20.6. The van der Waals surface area contributed by atoms with Crippen LogP contribution in [0.15, 0.2) is 0 Å². The van der Waals surface area contributed by atoms with Crippen molar-refractivity contribution < 1.29 is 6.15 Å². The third kappa shape index (κ3) is 9.12. The summed E-state index contributed by atoms with van der Waals surface area (Å²) >= 11 is -2.65. The van der Waals surface area contributed by atoms with Crippen LogP contribution in [0.2, 0.25) is 8.87 Å². The molecule has 0 saturated carbocycles. The van der Waals surface area contributed by atoms with Gasteiger partial charge in [0.05, 0.1) is 0 Å². The first-order valence-electron chi connectivity index (χ1n) is 10.0. The minimum atomic E-state index is -2.65. The molecular formula is C19H40O2Sn. The van der Waals surface area contributed by atoms with E-state index >= 15 is 0 Å². The van der Waals surface area contributed by atoms with E-state index in [4.69, 9.17) is 6.15 Å². The first kappa shape index (κ1) is 20.8. The molecule has 2 nitrogen and oxygen atoms in total. The van der Waals surface area contributed by atoms with Crippen molar-refractivity contribution in [3.8, 4) is 0 Å². The van der Waals surface area contributed by atoms with Crippen molar-refractivity contribution in [1.29, 1.82) is 0 Å². The summed E-state index contributed by atoms with van der Waals surface area (Å²) in [7, 11) is 0. The first-order chi connectivity index (χ1) is 10.7. The van der Waals surface area contributed by atoms with E-state index in [-0.39, 0.29) is 0 Å². The van der Waals surface area contributed by atoms with Crippen LogP contribution in [0.25, 0.3) is 0 Å². The van der Waals surface area contributed by atoms with Crippen LogP contribution in [0.3, 0.4) is 0 Å². The molecule has 0 N–H and O–H groups in total. The molecule has 0 bridgehead atoms. The van der Waals surface area contributed by atoms with E-state index < -0.39 is 19.2 Å². The average Bonchev–Trinajstić information content (AvgIpc) is 2.88. The summed E-state index contributed by atoms with van der Waals surface area (Å²) in [6.07, 6.45) is 16.9. The van der Waals surface area contributed by atoms with Gasteiger partial charge in [-0.25, -0.2) is 0 Å². The average molecular weight is 419 g/mol. The SMILES string of the molecule is CCCCCCC[CH2][Sn]1([CH2]CCCCCCC)[O]CC(C)[O]1. The molecule has 1 atom stereocenters. The Hall–Kier alpha value is 0.719. The van der Waals surface area contributed by atoms with Gasteiger partial charge in [-0.2, -0.15) is 0 Å². The van der Waals surface area contributed by atoms with E-state index in [1.54, 1.807) is 0 Å². The van der Waals surface area contributed by atoms with Crippen LogP contribution in [0.4, 0.5) is 0 Å². The van der Waals surface area contributed by atoms with Crippen LogP contribution in [-0.4, -0.2) is 31.9 Å². The summed E-state index contributed by atoms with van der Waals surface area (Å²) in [6.45, 7) is 7.64. The molecule has 1 fully saturated rings. The number of hydrogen-bond donors (Lipinski definition) is 0. The Kier molecular flexibility index (Phi) is 12.3.